The van der Waals surface area contributed by atoms with Gasteiger partial charge in [-0.3, -0.25) is 0 Å². The van der Waals surface area contributed by atoms with Crippen LogP contribution in [0.25, 0.3) is 21.8 Å². The van der Waals surface area contributed by atoms with E-state index < -0.39 is 5.82 Å². The van der Waals surface area contributed by atoms with Gasteiger partial charge in [0.25, 0.3) is 0 Å². The van der Waals surface area contributed by atoms with Crippen LogP contribution >= 0.6 is 35.1 Å². The molecule has 0 aliphatic carbocycles. The topological polar surface area (TPSA) is 75.9 Å². The maximum Gasteiger partial charge on any atom is 0.166 e. The van der Waals surface area contributed by atoms with Crippen molar-refractivity contribution in [2.24, 2.45) is 0 Å². The predicted octanol–water partition coefficient (Wildman–Crippen LogP) is 8.88. The van der Waals surface area contributed by atoms with Gasteiger partial charge in [0.2, 0.25) is 0 Å². The highest BCUT2D eigenvalue weighted by molar-refractivity contribution is 8.00. The van der Waals surface area contributed by atoms with Gasteiger partial charge >= 0.3 is 0 Å². The zero-order valence-electron chi connectivity index (χ0n) is 23.5. The van der Waals surface area contributed by atoms with Crippen LogP contribution in [0.4, 0.5) is 4.39 Å². The Kier molecular flexibility index (Phi) is 9.82. The van der Waals surface area contributed by atoms with E-state index in [2.05, 4.69) is 63.9 Å². The van der Waals surface area contributed by atoms with E-state index in [1.807, 2.05) is 50.8 Å². The first-order valence-electron chi connectivity index (χ1n) is 13.5. The number of aromatic hydroxyl groups is 1. The van der Waals surface area contributed by atoms with Crippen molar-refractivity contribution in [1.82, 2.24) is 20.6 Å². The van der Waals surface area contributed by atoms with Gasteiger partial charge in [0, 0.05) is 72.9 Å². The van der Waals surface area contributed by atoms with E-state index in [-0.39, 0.29) is 5.75 Å². The summed E-state index contributed by atoms with van der Waals surface area (Å²) < 4.78 is 13.4. The third-order valence-corrected chi connectivity index (χ3v) is 9.34. The second-order valence-corrected chi connectivity index (χ2v) is 12.4. The maximum atomic E-state index is 13.4. The Morgan fingerprint density at radius 2 is 1.45 bits per heavy atom. The van der Waals surface area contributed by atoms with Gasteiger partial charge in [0.1, 0.15) is 0 Å². The molecule has 0 bridgehead atoms. The first-order valence-corrected chi connectivity index (χ1v) is 15.5. The fraction of sp³-hybridized carbons (Fsp3) is 0.152. The molecule has 9 heteroatoms. The summed E-state index contributed by atoms with van der Waals surface area (Å²) in [5.41, 5.74) is 5.54. The fourth-order valence-corrected chi connectivity index (χ4v) is 7.15. The lowest BCUT2D eigenvalue weighted by atomic mass is 10.1. The number of hydrogen-bond acceptors (Lipinski definition) is 5. The monoisotopic (exact) mass is 618 g/mol. The average molecular weight is 619 g/mol. The third kappa shape index (κ3) is 6.80. The highest BCUT2D eigenvalue weighted by Gasteiger charge is 2.13. The Hall–Kier alpha value is -3.40. The van der Waals surface area contributed by atoms with Gasteiger partial charge in [-0.2, -0.15) is 0 Å². The maximum absolute atomic E-state index is 13.4. The summed E-state index contributed by atoms with van der Waals surface area (Å²) in [5, 5.41) is 18.6. The minimum Gasteiger partial charge on any atom is -0.505 e. The summed E-state index contributed by atoms with van der Waals surface area (Å²) in [7, 11) is 3.88. The number of rotatable bonds is 8. The van der Waals surface area contributed by atoms with Crippen LogP contribution in [0.15, 0.2) is 105 Å². The van der Waals surface area contributed by atoms with Gasteiger partial charge in [-0.15, -0.1) is 0 Å². The molecule has 0 aliphatic rings. The SMILES string of the molecule is CNCc1cc(C)ccc1Sc1c[nH]c2cccc(Cl)c12.CNCc1ccccc1Sc1c[nH]c2cc(F)c(O)cc12. The molecule has 5 N–H and O–H groups in total. The lowest BCUT2D eigenvalue weighted by Gasteiger charge is -2.10. The Morgan fingerprint density at radius 3 is 2.26 bits per heavy atom. The number of aromatic amines is 2. The van der Waals surface area contributed by atoms with Crippen LogP contribution in [0.5, 0.6) is 5.75 Å². The standard InChI is InChI=1S/C17H17ClN2S.C16H15FN2OS/c1-11-6-7-15(12(8-11)9-19-2)21-16-10-20-14-5-3-4-13(18)17(14)16;1-18-8-10-4-2-3-5-15(10)21-16-9-19-13-7-12(17)14(20)6-11(13)16/h3-8,10,19-20H,9H2,1-2H3;2-7,9,18-20H,8H2,1H3. The van der Waals surface area contributed by atoms with Crippen LogP contribution in [0.3, 0.4) is 0 Å². The van der Waals surface area contributed by atoms with Crippen LogP contribution in [-0.4, -0.2) is 29.2 Å². The molecule has 5 nitrogen and oxygen atoms in total. The molecule has 0 amide bonds. The number of phenolic OH excluding ortho intramolecular Hbond substituents is 1. The molecule has 2 aromatic heterocycles. The van der Waals surface area contributed by atoms with Crippen molar-refractivity contribution in [3.8, 4) is 5.75 Å². The molecule has 0 fully saturated rings. The molecule has 6 aromatic rings. The molecule has 42 heavy (non-hydrogen) atoms. The molecule has 216 valence electrons. The zero-order chi connectivity index (χ0) is 29.6. The molecule has 0 radical (unpaired) electrons. The van der Waals surface area contributed by atoms with Crippen molar-refractivity contribution in [2.45, 2.75) is 39.6 Å². The highest BCUT2D eigenvalue weighted by Crippen LogP contribution is 2.39. The van der Waals surface area contributed by atoms with E-state index in [4.69, 9.17) is 11.6 Å². The minimum atomic E-state index is -0.614. The summed E-state index contributed by atoms with van der Waals surface area (Å²) >= 11 is 9.71. The number of fused-ring (bicyclic) bond motifs is 2. The molecule has 0 unspecified atom stereocenters. The van der Waals surface area contributed by atoms with Crippen LogP contribution in [0.2, 0.25) is 5.02 Å². The summed E-state index contributed by atoms with van der Waals surface area (Å²) in [6.07, 6.45) is 3.87. The van der Waals surface area contributed by atoms with E-state index in [1.165, 1.54) is 33.7 Å². The number of halogens is 2. The highest BCUT2D eigenvalue weighted by atomic mass is 35.5. The number of aromatic nitrogens is 2. The van der Waals surface area contributed by atoms with Gasteiger partial charge < -0.3 is 25.7 Å². The van der Waals surface area contributed by atoms with E-state index >= 15 is 0 Å². The molecule has 0 aliphatic heterocycles. The second kappa shape index (κ2) is 13.7. The normalized spacial score (nSPS) is 11.2. The number of hydrogen-bond donors (Lipinski definition) is 5. The number of aryl methyl sites for hydroxylation is 1. The Balaban J connectivity index is 0.000000168. The number of H-pyrrole nitrogens is 2. The predicted molar refractivity (Wildman–Crippen MR) is 175 cm³/mol. The third-order valence-electron chi connectivity index (χ3n) is 6.69. The van der Waals surface area contributed by atoms with Crippen LogP contribution < -0.4 is 10.6 Å². The Labute approximate surface area is 258 Å². The van der Waals surface area contributed by atoms with Gasteiger partial charge in [0.15, 0.2) is 11.6 Å². The molecule has 4 aromatic carbocycles. The molecule has 6 rings (SSSR count). The van der Waals surface area contributed by atoms with Crippen molar-refractivity contribution in [3.63, 3.8) is 0 Å². The molecule has 0 saturated carbocycles. The van der Waals surface area contributed by atoms with Crippen molar-refractivity contribution in [1.29, 1.82) is 0 Å². The molecular weight excluding hydrogens is 587 g/mol. The van der Waals surface area contributed by atoms with Gasteiger partial charge in [0.05, 0.1) is 5.02 Å². The first-order chi connectivity index (χ1) is 20.4. The summed E-state index contributed by atoms with van der Waals surface area (Å²) in [6.45, 7) is 3.77. The van der Waals surface area contributed by atoms with Gasteiger partial charge in [-0.25, -0.2) is 4.39 Å². The van der Waals surface area contributed by atoms with Crippen LogP contribution in [0, 0.1) is 12.7 Å². The average Bonchev–Trinajstić information content (AvgIpc) is 3.56. The molecule has 0 atom stereocenters. The number of phenols is 1. The quantitative estimate of drug-likeness (QED) is 0.118. The molecule has 0 spiro atoms. The van der Waals surface area contributed by atoms with Crippen molar-refractivity contribution in [2.75, 3.05) is 14.1 Å². The number of benzene rings is 4. The van der Waals surface area contributed by atoms with Crippen molar-refractivity contribution < 1.29 is 9.50 Å². The molecular formula is C33H32ClFN4OS2. The molecule has 0 saturated heterocycles. The van der Waals surface area contributed by atoms with Crippen molar-refractivity contribution in [3.05, 3.63) is 113 Å². The summed E-state index contributed by atoms with van der Waals surface area (Å²) in [4.78, 5) is 10.9. The van der Waals surface area contributed by atoms with E-state index in [0.717, 1.165) is 49.1 Å². The van der Waals surface area contributed by atoms with E-state index in [1.54, 1.807) is 23.5 Å². The lowest BCUT2D eigenvalue weighted by Crippen LogP contribution is -2.06. The van der Waals surface area contributed by atoms with Crippen molar-refractivity contribution >= 4 is 56.9 Å². The smallest absolute Gasteiger partial charge is 0.166 e. The Bertz CT molecular complexity index is 1830. The van der Waals surface area contributed by atoms with E-state index in [0.29, 0.717) is 5.52 Å². The number of nitrogens with one attached hydrogen (secondary N) is 4. The largest absolute Gasteiger partial charge is 0.505 e. The second-order valence-electron chi connectivity index (χ2n) is 9.80. The lowest BCUT2D eigenvalue weighted by molar-refractivity contribution is 0.433. The fourth-order valence-electron chi connectivity index (χ4n) is 4.69. The minimum absolute atomic E-state index is 0.326. The zero-order valence-corrected chi connectivity index (χ0v) is 25.9. The van der Waals surface area contributed by atoms with Gasteiger partial charge in [-0.05, 0) is 62.5 Å². The summed E-state index contributed by atoms with van der Waals surface area (Å²) in [6, 6.07) is 23.4. The van der Waals surface area contributed by atoms with E-state index in [9.17, 15) is 9.50 Å². The summed E-state index contributed by atoms with van der Waals surface area (Å²) in [5.74, 6) is -0.941. The van der Waals surface area contributed by atoms with Gasteiger partial charge in [-0.1, -0.05) is 77.1 Å². The molecule has 2 heterocycles. The van der Waals surface area contributed by atoms with Crippen LogP contribution in [-0.2, 0) is 13.1 Å². The Morgan fingerprint density at radius 1 is 0.762 bits per heavy atom. The first kappa shape index (κ1) is 30.1. The van der Waals surface area contributed by atoms with Crippen LogP contribution in [0.1, 0.15) is 16.7 Å².